The molecule has 0 unspecified atom stereocenters. The molecular weight excluding hydrogens is 450 g/mol. The summed E-state index contributed by atoms with van der Waals surface area (Å²) < 4.78 is 48.5. The van der Waals surface area contributed by atoms with E-state index in [1.54, 1.807) is 30.3 Å². The molecule has 11 heteroatoms. The molecule has 1 saturated heterocycles. The van der Waals surface area contributed by atoms with Gasteiger partial charge in [-0.3, -0.25) is 4.79 Å². The molecule has 0 bridgehead atoms. The lowest BCUT2D eigenvalue weighted by molar-refractivity contribution is -0.140. The highest BCUT2D eigenvalue weighted by atomic mass is 32.2. The van der Waals surface area contributed by atoms with Gasteiger partial charge in [-0.25, -0.2) is 8.42 Å². The third-order valence-electron chi connectivity index (χ3n) is 5.46. The van der Waals surface area contributed by atoms with Crippen molar-refractivity contribution in [3.05, 3.63) is 48.9 Å². The molecule has 1 fully saturated rings. The van der Waals surface area contributed by atoms with Gasteiger partial charge in [0.25, 0.3) is 0 Å². The predicted molar refractivity (Wildman–Crippen MR) is 116 cm³/mol. The first-order valence-corrected chi connectivity index (χ1v) is 11.7. The molecule has 174 valence electrons. The Bertz CT molecular complexity index is 1200. The molecule has 2 aromatic carbocycles. The number of carbonyl (C=O) groups is 1. The number of hydrogen-bond donors (Lipinski definition) is 0. The number of methoxy groups -OCH3 is 2. The Balaban J connectivity index is 1.36. The Morgan fingerprint density at radius 3 is 2.33 bits per heavy atom. The van der Waals surface area contributed by atoms with Gasteiger partial charge >= 0.3 is 5.97 Å². The van der Waals surface area contributed by atoms with Crippen LogP contribution in [0.4, 0.5) is 0 Å². The first kappa shape index (κ1) is 22.7. The van der Waals surface area contributed by atoms with Crippen LogP contribution in [0.5, 0.6) is 17.2 Å². The van der Waals surface area contributed by atoms with E-state index in [0.717, 1.165) is 0 Å². The minimum absolute atomic E-state index is 0.113. The Kier molecular flexibility index (Phi) is 6.61. The topological polar surface area (TPSA) is 121 Å². The van der Waals surface area contributed by atoms with E-state index < -0.39 is 15.9 Å². The van der Waals surface area contributed by atoms with Crippen LogP contribution in [0.3, 0.4) is 0 Å². The number of piperidine rings is 1. The van der Waals surface area contributed by atoms with E-state index in [1.807, 2.05) is 0 Å². The number of aromatic nitrogens is 2. The second kappa shape index (κ2) is 9.59. The number of nitrogens with zero attached hydrogens (tertiary/aromatic N) is 3. The predicted octanol–water partition coefficient (Wildman–Crippen LogP) is 2.76. The first-order valence-electron chi connectivity index (χ1n) is 10.2. The SMILES string of the molecule is COc1ccc(S(=O)(=O)N2CCC(C(=O)Oc3ccc(-c4nnco4)cc3)CC2)cc1OC. The molecule has 0 atom stereocenters. The van der Waals surface area contributed by atoms with Gasteiger partial charge in [-0.2, -0.15) is 4.31 Å². The standard InChI is InChI=1S/C22H23N3O7S/c1-29-19-8-7-18(13-20(19)30-2)33(27,28)25-11-9-16(10-12-25)22(26)32-17-5-3-15(4-6-17)21-24-23-14-31-21/h3-8,13-14,16H,9-12H2,1-2H3. The van der Waals surface area contributed by atoms with E-state index >= 15 is 0 Å². The van der Waals surface area contributed by atoms with E-state index in [-0.39, 0.29) is 24.0 Å². The van der Waals surface area contributed by atoms with Crippen molar-refractivity contribution in [2.45, 2.75) is 17.7 Å². The van der Waals surface area contributed by atoms with Gasteiger partial charge in [-0.05, 0) is 49.2 Å². The van der Waals surface area contributed by atoms with Crippen LogP contribution < -0.4 is 14.2 Å². The number of benzene rings is 2. The summed E-state index contributed by atoms with van der Waals surface area (Å²) in [5, 5.41) is 7.46. The van der Waals surface area contributed by atoms with E-state index in [2.05, 4.69) is 10.2 Å². The van der Waals surface area contributed by atoms with Gasteiger partial charge in [0.1, 0.15) is 5.75 Å². The van der Waals surface area contributed by atoms with Gasteiger partial charge in [-0.15, -0.1) is 10.2 Å². The Morgan fingerprint density at radius 1 is 1.03 bits per heavy atom. The highest BCUT2D eigenvalue weighted by molar-refractivity contribution is 7.89. The lowest BCUT2D eigenvalue weighted by Crippen LogP contribution is -2.41. The van der Waals surface area contributed by atoms with Crippen LogP contribution in [0.2, 0.25) is 0 Å². The molecule has 1 aliphatic heterocycles. The van der Waals surface area contributed by atoms with Gasteiger partial charge < -0.3 is 18.6 Å². The number of ether oxygens (including phenoxy) is 3. The molecule has 4 rings (SSSR count). The van der Waals surface area contributed by atoms with Crippen LogP contribution >= 0.6 is 0 Å². The zero-order valence-electron chi connectivity index (χ0n) is 18.1. The minimum Gasteiger partial charge on any atom is -0.493 e. The molecule has 0 radical (unpaired) electrons. The fraction of sp³-hybridized carbons (Fsp3) is 0.318. The Labute approximate surface area is 191 Å². The van der Waals surface area contributed by atoms with Crippen LogP contribution in [0, 0.1) is 5.92 Å². The third-order valence-corrected chi connectivity index (χ3v) is 7.35. The van der Waals surface area contributed by atoms with Crippen LogP contribution in [0.15, 0.2) is 58.2 Å². The van der Waals surface area contributed by atoms with E-state index in [4.69, 9.17) is 18.6 Å². The normalized spacial score (nSPS) is 15.2. The smallest absolute Gasteiger partial charge is 0.314 e. The Hall–Kier alpha value is -3.44. The lowest BCUT2D eigenvalue weighted by Gasteiger charge is -2.30. The zero-order chi connectivity index (χ0) is 23.4. The highest BCUT2D eigenvalue weighted by Gasteiger charge is 2.33. The van der Waals surface area contributed by atoms with E-state index in [1.165, 1.54) is 37.1 Å². The molecular formula is C22H23N3O7S. The van der Waals surface area contributed by atoms with Crippen LogP contribution in [-0.2, 0) is 14.8 Å². The minimum atomic E-state index is -3.73. The largest absolute Gasteiger partial charge is 0.493 e. The first-order chi connectivity index (χ1) is 15.9. The number of esters is 1. The summed E-state index contributed by atoms with van der Waals surface area (Å²) in [5.74, 6) is 0.769. The van der Waals surface area contributed by atoms with Gasteiger partial charge in [0.05, 0.1) is 25.0 Å². The molecule has 2 heterocycles. The number of carbonyl (C=O) groups excluding carboxylic acids is 1. The van der Waals surface area contributed by atoms with Crippen LogP contribution in [0.1, 0.15) is 12.8 Å². The molecule has 33 heavy (non-hydrogen) atoms. The molecule has 0 amide bonds. The van der Waals surface area contributed by atoms with Crippen LogP contribution in [-0.4, -0.2) is 56.2 Å². The molecule has 0 N–H and O–H groups in total. The number of sulfonamides is 1. The second-order valence-electron chi connectivity index (χ2n) is 7.38. The maximum absolute atomic E-state index is 13.0. The van der Waals surface area contributed by atoms with Crippen molar-refractivity contribution in [2.75, 3.05) is 27.3 Å². The summed E-state index contributed by atoms with van der Waals surface area (Å²) in [7, 11) is -0.796. The molecule has 0 spiro atoms. The van der Waals surface area contributed by atoms with Crippen molar-refractivity contribution in [2.24, 2.45) is 5.92 Å². The van der Waals surface area contributed by atoms with Crippen molar-refractivity contribution < 1.29 is 31.8 Å². The fourth-order valence-corrected chi connectivity index (χ4v) is 5.11. The van der Waals surface area contributed by atoms with E-state index in [9.17, 15) is 13.2 Å². The summed E-state index contributed by atoms with van der Waals surface area (Å²) in [5.41, 5.74) is 0.709. The molecule has 3 aromatic rings. The maximum atomic E-state index is 13.0. The van der Waals surface area contributed by atoms with Crippen LogP contribution in [0.25, 0.3) is 11.5 Å². The summed E-state index contributed by atoms with van der Waals surface area (Å²) in [6, 6.07) is 11.2. The van der Waals surface area contributed by atoms with E-state index in [0.29, 0.717) is 41.5 Å². The fourth-order valence-electron chi connectivity index (χ4n) is 3.62. The Morgan fingerprint density at radius 2 is 1.73 bits per heavy atom. The van der Waals surface area contributed by atoms with Gasteiger partial charge in [0.15, 0.2) is 11.5 Å². The number of hydrogen-bond acceptors (Lipinski definition) is 9. The van der Waals surface area contributed by atoms with Gasteiger partial charge in [0.2, 0.25) is 22.3 Å². The molecule has 0 saturated carbocycles. The molecule has 0 aliphatic carbocycles. The van der Waals surface area contributed by atoms with Gasteiger partial charge in [0, 0.05) is 24.7 Å². The molecule has 10 nitrogen and oxygen atoms in total. The summed E-state index contributed by atoms with van der Waals surface area (Å²) in [4.78, 5) is 12.7. The van der Waals surface area contributed by atoms with Crippen molar-refractivity contribution in [1.82, 2.24) is 14.5 Å². The maximum Gasteiger partial charge on any atom is 0.314 e. The van der Waals surface area contributed by atoms with Crippen molar-refractivity contribution in [3.63, 3.8) is 0 Å². The number of rotatable bonds is 7. The van der Waals surface area contributed by atoms with Crippen molar-refractivity contribution in [3.8, 4) is 28.7 Å². The lowest BCUT2D eigenvalue weighted by atomic mass is 9.98. The second-order valence-corrected chi connectivity index (χ2v) is 9.32. The summed E-state index contributed by atoms with van der Waals surface area (Å²) >= 11 is 0. The summed E-state index contributed by atoms with van der Waals surface area (Å²) in [6.07, 6.45) is 1.97. The van der Waals surface area contributed by atoms with Crippen molar-refractivity contribution in [1.29, 1.82) is 0 Å². The average molecular weight is 474 g/mol. The molecule has 1 aromatic heterocycles. The quantitative estimate of drug-likeness (QED) is 0.377. The zero-order valence-corrected chi connectivity index (χ0v) is 18.9. The highest BCUT2D eigenvalue weighted by Crippen LogP contribution is 2.32. The summed E-state index contributed by atoms with van der Waals surface area (Å²) in [6.45, 7) is 0.430. The van der Waals surface area contributed by atoms with Crippen molar-refractivity contribution >= 4 is 16.0 Å². The monoisotopic (exact) mass is 473 g/mol. The van der Waals surface area contributed by atoms with Gasteiger partial charge in [-0.1, -0.05) is 0 Å². The molecule has 1 aliphatic rings. The average Bonchev–Trinajstić information content (AvgIpc) is 3.39. The third kappa shape index (κ3) is 4.83.